The maximum absolute atomic E-state index is 6.88. The van der Waals surface area contributed by atoms with Crippen LogP contribution in [0.1, 0.15) is 55.4 Å². The third kappa shape index (κ3) is 2.14. The second-order valence-electron chi connectivity index (χ2n) is 8.59. The Morgan fingerprint density at radius 2 is 1.12 bits per heavy atom. The molecule has 0 aromatic rings. The van der Waals surface area contributed by atoms with Crippen molar-refractivity contribution in [2.24, 2.45) is 0 Å². The average Bonchev–Trinajstić information content (AvgIpc) is 3.11. The van der Waals surface area contributed by atoms with Crippen LogP contribution in [-0.4, -0.2) is 34.1 Å². The summed E-state index contributed by atoms with van der Waals surface area (Å²) in [4.78, 5) is 0. The summed E-state index contributed by atoms with van der Waals surface area (Å²) in [7, 11) is 0. The van der Waals surface area contributed by atoms with Crippen molar-refractivity contribution in [3.63, 3.8) is 0 Å². The van der Waals surface area contributed by atoms with Crippen LogP contribution in [0.4, 0.5) is 0 Å². The average molecular weight is 349 g/mol. The zero-order valence-electron chi connectivity index (χ0n) is 16.9. The van der Waals surface area contributed by atoms with Crippen LogP contribution in [0.25, 0.3) is 0 Å². The van der Waals surface area contributed by atoms with E-state index in [1.807, 2.05) is 0 Å². The topological polar surface area (TPSA) is 9.23 Å². The maximum atomic E-state index is 6.88. The Bertz CT molecular complexity index is 526. The molecular formula is C22H37OP. The van der Waals surface area contributed by atoms with Gasteiger partial charge in [0.05, 0.1) is 0 Å². The van der Waals surface area contributed by atoms with Crippen molar-refractivity contribution in [1.29, 1.82) is 0 Å². The Labute approximate surface area is 149 Å². The van der Waals surface area contributed by atoms with Crippen LogP contribution in [0.2, 0.25) is 0 Å². The Kier molecular flexibility index (Phi) is 5.39. The molecule has 2 aliphatic carbocycles. The van der Waals surface area contributed by atoms with Crippen LogP contribution < -0.4 is 0 Å². The molecule has 1 nitrogen and oxygen atoms in total. The molecule has 24 heavy (non-hydrogen) atoms. The van der Waals surface area contributed by atoms with Crippen LogP contribution in [0, 0.1) is 0 Å². The summed E-state index contributed by atoms with van der Waals surface area (Å²) in [5.74, 6) is 0. The molecule has 0 heterocycles. The monoisotopic (exact) mass is 348 g/mol. The van der Waals surface area contributed by atoms with Gasteiger partial charge in [0.25, 0.3) is 0 Å². The van der Waals surface area contributed by atoms with Gasteiger partial charge in [0.1, 0.15) is 0 Å². The molecule has 136 valence electrons. The Morgan fingerprint density at radius 1 is 0.708 bits per heavy atom. The van der Waals surface area contributed by atoms with E-state index in [0.29, 0.717) is 22.6 Å². The number of hydrogen-bond acceptors (Lipinski definition) is 1. The summed E-state index contributed by atoms with van der Waals surface area (Å²) >= 11 is 0. The van der Waals surface area contributed by atoms with Crippen LogP contribution in [0.5, 0.6) is 0 Å². The van der Waals surface area contributed by atoms with Crippen LogP contribution in [-0.2, 0) is 4.74 Å². The molecule has 0 N–H and O–H groups in total. The second-order valence-corrected chi connectivity index (χ2v) is 15.8. The van der Waals surface area contributed by atoms with Crippen molar-refractivity contribution >= 4 is 6.60 Å². The Balaban J connectivity index is 2.93. The molecule has 0 radical (unpaired) electrons. The van der Waals surface area contributed by atoms with E-state index in [9.17, 15) is 0 Å². The Morgan fingerprint density at radius 3 is 1.46 bits per heavy atom. The minimum atomic E-state index is -2.51. The van der Waals surface area contributed by atoms with E-state index in [0.717, 1.165) is 0 Å². The van der Waals surface area contributed by atoms with Crippen molar-refractivity contribution in [2.75, 3.05) is 0 Å². The van der Waals surface area contributed by atoms with Gasteiger partial charge in [-0.1, -0.05) is 0 Å². The summed E-state index contributed by atoms with van der Waals surface area (Å²) in [6.07, 6.45) is 18.8. The molecule has 0 spiro atoms. The molecule has 0 aromatic carbocycles. The third-order valence-corrected chi connectivity index (χ3v) is 17.5. The zero-order chi connectivity index (χ0) is 18.2. The van der Waals surface area contributed by atoms with Gasteiger partial charge in [0, 0.05) is 0 Å². The van der Waals surface area contributed by atoms with E-state index in [1.165, 1.54) is 0 Å². The predicted molar refractivity (Wildman–Crippen MR) is 112 cm³/mol. The Hall–Kier alpha value is -0.650. The molecule has 0 bridgehead atoms. The first-order chi connectivity index (χ1) is 11.2. The first-order valence-electron chi connectivity index (χ1n) is 9.56. The molecule has 0 aliphatic heterocycles. The van der Waals surface area contributed by atoms with Crippen molar-refractivity contribution in [1.82, 2.24) is 0 Å². The normalized spacial score (nSPS) is 21.8. The molecule has 0 fully saturated rings. The second kappa shape index (κ2) is 6.58. The SMILES string of the molecule is CC(C)OC1(P(C(C)C)(C(C)C)(C(C)C)C2C=CC=C2)C=CC=C1. The molecule has 0 amide bonds. The standard InChI is InChI=1S/C22H37OP/c1-17(2)23-22(15-11-12-16-22)24(18(3)4,19(5)6,20(7)8)21-13-9-10-14-21/h9-21H,1-8H3. The molecule has 0 aromatic heterocycles. The van der Waals surface area contributed by atoms with Crippen molar-refractivity contribution in [2.45, 2.75) is 89.5 Å². The fourth-order valence-electron chi connectivity index (χ4n) is 6.43. The van der Waals surface area contributed by atoms with Gasteiger partial charge in [-0.05, 0) is 0 Å². The summed E-state index contributed by atoms with van der Waals surface area (Å²) in [6, 6.07) is 0. The molecule has 0 unspecified atom stereocenters. The van der Waals surface area contributed by atoms with E-state index in [4.69, 9.17) is 4.74 Å². The zero-order valence-corrected chi connectivity index (χ0v) is 17.8. The molecule has 2 rings (SSSR count). The van der Waals surface area contributed by atoms with Gasteiger partial charge in [-0.3, -0.25) is 0 Å². The van der Waals surface area contributed by atoms with Gasteiger partial charge in [0.15, 0.2) is 0 Å². The van der Waals surface area contributed by atoms with Gasteiger partial charge >= 0.3 is 149 Å². The van der Waals surface area contributed by atoms with Crippen LogP contribution in [0.15, 0.2) is 48.6 Å². The molecule has 0 atom stereocenters. The molecule has 0 saturated heterocycles. The number of allylic oxidation sites excluding steroid dienone is 6. The van der Waals surface area contributed by atoms with Crippen LogP contribution in [0.3, 0.4) is 0 Å². The van der Waals surface area contributed by atoms with E-state index in [2.05, 4.69) is 104 Å². The number of ether oxygens (including phenoxy) is 1. The van der Waals surface area contributed by atoms with Gasteiger partial charge in [-0.2, -0.15) is 0 Å². The van der Waals surface area contributed by atoms with Crippen molar-refractivity contribution in [3.05, 3.63) is 48.6 Å². The number of hydrogen-bond donors (Lipinski definition) is 0. The van der Waals surface area contributed by atoms with Gasteiger partial charge in [0.2, 0.25) is 0 Å². The fourth-order valence-corrected chi connectivity index (χ4v) is 17.2. The van der Waals surface area contributed by atoms with Crippen molar-refractivity contribution < 1.29 is 4.74 Å². The summed E-state index contributed by atoms with van der Waals surface area (Å²) in [6.45, 7) is 16.5. The van der Waals surface area contributed by atoms with E-state index in [1.54, 1.807) is 0 Å². The molecular weight excluding hydrogens is 311 g/mol. The first-order valence-corrected chi connectivity index (χ1v) is 12.1. The quantitative estimate of drug-likeness (QED) is 0.477. The fraction of sp³-hybridized carbons (Fsp3) is 0.636. The van der Waals surface area contributed by atoms with Gasteiger partial charge in [-0.25, -0.2) is 0 Å². The van der Waals surface area contributed by atoms with E-state index < -0.39 is 6.60 Å². The van der Waals surface area contributed by atoms with Crippen LogP contribution >= 0.6 is 6.60 Å². The molecule has 2 aliphatic rings. The van der Waals surface area contributed by atoms with Gasteiger partial charge in [-0.15, -0.1) is 0 Å². The van der Waals surface area contributed by atoms with Crippen molar-refractivity contribution in [3.8, 4) is 0 Å². The van der Waals surface area contributed by atoms with E-state index in [-0.39, 0.29) is 11.4 Å². The first kappa shape index (κ1) is 19.7. The minimum absolute atomic E-state index is 0.199. The predicted octanol–water partition coefficient (Wildman–Crippen LogP) is 6.51. The van der Waals surface area contributed by atoms with E-state index >= 15 is 0 Å². The molecule has 0 saturated carbocycles. The summed E-state index contributed by atoms with van der Waals surface area (Å²) < 4.78 is 6.88. The third-order valence-electron chi connectivity index (χ3n) is 6.86. The summed E-state index contributed by atoms with van der Waals surface area (Å²) in [5, 5.41) is -0.278. The molecule has 2 heteroatoms. The number of rotatable bonds is 7. The summed E-state index contributed by atoms with van der Waals surface area (Å²) in [5.41, 5.74) is 2.18. The van der Waals surface area contributed by atoms with Gasteiger partial charge < -0.3 is 0 Å².